The summed E-state index contributed by atoms with van der Waals surface area (Å²) in [6.07, 6.45) is 3.92. The highest BCUT2D eigenvalue weighted by Crippen LogP contribution is 2.31. The van der Waals surface area contributed by atoms with E-state index >= 15 is 0 Å². The average Bonchev–Trinajstić information content (AvgIpc) is 3.10. The van der Waals surface area contributed by atoms with Crippen LogP contribution < -0.4 is 4.31 Å². The first kappa shape index (κ1) is 24.0. The lowest BCUT2D eigenvalue weighted by Gasteiger charge is -2.27. The number of ether oxygens (including phenoxy) is 1. The summed E-state index contributed by atoms with van der Waals surface area (Å²) in [6.45, 7) is 11.7. The van der Waals surface area contributed by atoms with Crippen LogP contribution in [-0.2, 0) is 26.9 Å². The van der Waals surface area contributed by atoms with Crippen molar-refractivity contribution in [3.63, 3.8) is 0 Å². The highest BCUT2D eigenvalue weighted by Gasteiger charge is 2.27. The van der Waals surface area contributed by atoms with Crippen LogP contribution in [0, 0.1) is 5.92 Å². The fraction of sp³-hybridized carbons (Fsp3) is 0.696. The first-order valence-corrected chi connectivity index (χ1v) is 12.7. The second-order valence-corrected chi connectivity index (χ2v) is 11.7. The summed E-state index contributed by atoms with van der Waals surface area (Å²) in [4.78, 5) is 4.97. The summed E-state index contributed by atoms with van der Waals surface area (Å²) in [5.74, 6) is 1.61. The molecule has 1 aliphatic rings. The zero-order valence-corrected chi connectivity index (χ0v) is 20.7. The van der Waals surface area contributed by atoms with E-state index in [1.807, 2.05) is 18.2 Å². The molecule has 1 aromatic heterocycles. The molecule has 1 saturated heterocycles. The van der Waals surface area contributed by atoms with Gasteiger partial charge >= 0.3 is 10.2 Å². The maximum atomic E-state index is 13.0. The van der Waals surface area contributed by atoms with Crippen LogP contribution in [-0.4, -0.2) is 56.1 Å². The molecule has 8 heteroatoms. The Kier molecular flexibility index (Phi) is 7.33. The number of fused-ring (bicyclic) bond motifs is 1. The molecule has 2 aromatic rings. The topological polar surface area (TPSA) is 67.7 Å². The molecule has 3 rings (SSSR count). The highest BCUT2D eigenvalue weighted by atomic mass is 32.2. The van der Waals surface area contributed by atoms with Crippen molar-refractivity contribution in [2.45, 2.75) is 65.3 Å². The van der Waals surface area contributed by atoms with Gasteiger partial charge in [-0.15, -0.1) is 0 Å². The van der Waals surface area contributed by atoms with Crippen LogP contribution in [0.3, 0.4) is 0 Å². The lowest BCUT2D eigenvalue weighted by Crippen LogP contribution is -2.40. The number of nitrogens with zero attached hydrogens (tertiary/aromatic N) is 4. The summed E-state index contributed by atoms with van der Waals surface area (Å²) in [5.41, 5.74) is 2.42. The van der Waals surface area contributed by atoms with Crippen molar-refractivity contribution in [2.24, 2.45) is 5.92 Å². The molecular weight excluding hydrogens is 412 g/mol. The Morgan fingerprint density at radius 3 is 2.48 bits per heavy atom. The van der Waals surface area contributed by atoms with Crippen molar-refractivity contribution in [1.82, 2.24) is 13.9 Å². The van der Waals surface area contributed by atoms with Crippen molar-refractivity contribution >= 4 is 26.9 Å². The van der Waals surface area contributed by atoms with Gasteiger partial charge < -0.3 is 9.30 Å². The van der Waals surface area contributed by atoms with Gasteiger partial charge in [-0.3, -0.25) is 4.31 Å². The molecule has 0 aliphatic carbocycles. The third-order valence-electron chi connectivity index (χ3n) is 6.11. The number of imidazole rings is 1. The largest absolute Gasteiger partial charge is 0.381 e. The van der Waals surface area contributed by atoms with E-state index in [0.29, 0.717) is 18.2 Å². The van der Waals surface area contributed by atoms with Crippen LogP contribution in [0.25, 0.3) is 11.0 Å². The third kappa shape index (κ3) is 5.23. The van der Waals surface area contributed by atoms with Gasteiger partial charge in [-0.05, 0) is 43.4 Å². The minimum Gasteiger partial charge on any atom is -0.381 e. The minimum absolute atomic E-state index is 0.108. The van der Waals surface area contributed by atoms with Crippen LogP contribution in [0.4, 0.5) is 5.69 Å². The fourth-order valence-electron chi connectivity index (χ4n) is 4.10. The van der Waals surface area contributed by atoms with E-state index < -0.39 is 10.2 Å². The zero-order valence-electron chi connectivity index (χ0n) is 19.9. The molecule has 7 nitrogen and oxygen atoms in total. The lowest BCUT2D eigenvalue weighted by atomic mass is 9.94. The Labute approximate surface area is 187 Å². The van der Waals surface area contributed by atoms with Gasteiger partial charge in [0, 0.05) is 45.8 Å². The molecule has 0 atom stereocenters. The predicted octanol–water partition coefficient (Wildman–Crippen LogP) is 4.17. The molecule has 0 unspecified atom stereocenters. The Morgan fingerprint density at radius 1 is 1.19 bits per heavy atom. The number of benzene rings is 1. The molecular formula is C23H38N4O3S. The van der Waals surface area contributed by atoms with E-state index in [-0.39, 0.29) is 5.41 Å². The maximum absolute atomic E-state index is 13.0. The van der Waals surface area contributed by atoms with Gasteiger partial charge in [-0.2, -0.15) is 12.7 Å². The summed E-state index contributed by atoms with van der Waals surface area (Å²) in [6, 6.07) is 5.81. The van der Waals surface area contributed by atoms with E-state index in [2.05, 4.69) is 32.3 Å². The highest BCUT2D eigenvalue weighted by molar-refractivity contribution is 7.90. The molecule has 0 spiro atoms. The van der Waals surface area contributed by atoms with Crippen molar-refractivity contribution in [3.8, 4) is 0 Å². The third-order valence-corrected chi connectivity index (χ3v) is 7.99. The molecule has 1 aromatic carbocycles. The number of unbranched alkanes of at least 4 members (excludes halogenated alkanes) is 1. The predicted molar refractivity (Wildman–Crippen MR) is 127 cm³/mol. The van der Waals surface area contributed by atoms with Gasteiger partial charge in [0.2, 0.25) is 0 Å². The summed E-state index contributed by atoms with van der Waals surface area (Å²) in [5, 5.41) is 0. The van der Waals surface area contributed by atoms with E-state index in [9.17, 15) is 8.42 Å². The van der Waals surface area contributed by atoms with Gasteiger partial charge in [0.25, 0.3) is 0 Å². The van der Waals surface area contributed by atoms with Crippen LogP contribution in [0.15, 0.2) is 18.2 Å². The molecule has 0 amide bonds. The number of hydrogen-bond acceptors (Lipinski definition) is 4. The lowest BCUT2D eigenvalue weighted by molar-refractivity contribution is 0.0611. The monoisotopic (exact) mass is 450 g/mol. The van der Waals surface area contributed by atoms with Gasteiger partial charge in [-0.25, -0.2) is 4.98 Å². The van der Waals surface area contributed by atoms with Crippen molar-refractivity contribution in [2.75, 3.05) is 38.2 Å². The van der Waals surface area contributed by atoms with Gasteiger partial charge in [0.05, 0.1) is 16.7 Å². The number of hydrogen-bond donors (Lipinski definition) is 0. The Balaban J connectivity index is 1.96. The van der Waals surface area contributed by atoms with E-state index in [1.54, 1.807) is 14.1 Å². The Bertz CT molecular complexity index is 988. The average molecular weight is 451 g/mol. The molecule has 0 radical (unpaired) electrons. The fourth-order valence-corrected chi connectivity index (χ4v) is 5.25. The van der Waals surface area contributed by atoms with Gasteiger partial charge in [0.1, 0.15) is 5.82 Å². The Hall–Kier alpha value is -1.64. The molecule has 174 valence electrons. The number of rotatable bonds is 8. The quantitative estimate of drug-likeness (QED) is 0.605. The second-order valence-electron chi connectivity index (χ2n) is 9.68. The molecule has 0 N–H and O–H groups in total. The molecule has 2 heterocycles. The van der Waals surface area contributed by atoms with Crippen LogP contribution in [0.5, 0.6) is 0 Å². The smallest absolute Gasteiger partial charge is 0.303 e. The normalized spacial score (nSPS) is 16.4. The summed E-state index contributed by atoms with van der Waals surface area (Å²) < 4.78 is 36.6. The number of anilines is 1. The first-order chi connectivity index (χ1) is 14.6. The van der Waals surface area contributed by atoms with E-state index in [0.717, 1.165) is 62.3 Å². The number of aromatic nitrogens is 2. The van der Waals surface area contributed by atoms with Crippen molar-refractivity contribution in [3.05, 3.63) is 24.0 Å². The van der Waals surface area contributed by atoms with Crippen LogP contribution >= 0.6 is 0 Å². The van der Waals surface area contributed by atoms with Gasteiger partial charge in [0.15, 0.2) is 0 Å². The van der Waals surface area contributed by atoms with E-state index in [4.69, 9.17) is 9.72 Å². The minimum atomic E-state index is -3.57. The standard InChI is InChI=1S/C23H38N4O3S/c1-7-8-13-25(5)31(28,29)26(6)19-9-10-21-20(16-19)24-22(23(2,3)4)27(21)17-18-11-14-30-15-12-18/h9-10,16,18H,7-8,11-15,17H2,1-6H3. The van der Waals surface area contributed by atoms with Gasteiger partial charge in [-0.1, -0.05) is 34.1 Å². The van der Waals surface area contributed by atoms with E-state index in [1.165, 1.54) is 8.61 Å². The Morgan fingerprint density at radius 2 is 1.87 bits per heavy atom. The SMILES string of the molecule is CCCCN(C)S(=O)(=O)N(C)c1ccc2c(c1)nc(C(C)(C)C)n2CC1CCOCC1. The summed E-state index contributed by atoms with van der Waals surface area (Å²) in [7, 11) is -0.316. The molecule has 0 bridgehead atoms. The van der Waals surface area contributed by atoms with Crippen molar-refractivity contribution < 1.29 is 13.2 Å². The zero-order chi connectivity index (χ0) is 22.8. The van der Waals surface area contributed by atoms with Crippen molar-refractivity contribution in [1.29, 1.82) is 0 Å². The molecule has 31 heavy (non-hydrogen) atoms. The van der Waals surface area contributed by atoms with Crippen LogP contribution in [0.2, 0.25) is 0 Å². The molecule has 0 saturated carbocycles. The maximum Gasteiger partial charge on any atom is 0.303 e. The first-order valence-electron chi connectivity index (χ1n) is 11.3. The molecule has 1 fully saturated rings. The second kappa shape index (κ2) is 9.46. The summed E-state index contributed by atoms with van der Waals surface area (Å²) >= 11 is 0. The van der Waals surface area contributed by atoms with Crippen LogP contribution in [0.1, 0.15) is 59.2 Å². The molecule has 1 aliphatic heterocycles.